The lowest BCUT2D eigenvalue weighted by Crippen LogP contribution is -2.27. The summed E-state index contributed by atoms with van der Waals surface area (Å²) in [5.41, 5.74) is 1.06. The molecule has 1 saturated heterocycles. The fourth-order valence-corrected chi connectivity index (χ4v) is 3.06. The standard InChI is InChI=1S/C12H15IO2/c13-9-12(6-10(7-14)8-15-12)11-4-2-1-3-5-11/h1-5,10,14H,6-9H2/t10-,12+/m1/s1. The Morgan fingerprint density at radius 3 is 2.67 bits per heavy atom. The molecule has 1 aromatic rings. The molecule has 0 aromatic heterocycles. The summed E-state index contributed by atoms with van der Waals surface area (Å²) in [6, 6.07) is 10.3. The minimum absolute atomic E-state index is 0.171. The fourth-order valence-electron chi connectivity index (χ4n) is 2.09. The summed E-state index contributed by atoms with van der Waals surface area (Å²) in [6.07, 6.45) is 0.927. The van der Waals surface area contributed by atoms with Crippen molar-refractivity contribution in [2.75, 3.05) is 17.6 Å². The first-order valence-electron chi connectivity index (χ1n) is 5.17. The van der Waals surface area contributed by atoms with Crippen molar-refractivity contribution in [2.24, 2.45) is 5.92 Å². The lowest BCUT2D eigenvalue weighted by molar-refractivity contribution is 0.0214. The van der Waals surface area contributed by atoms with Gasteiger partial charge in [0.05, 0.1) is 6.61 Å². The van der Waals surface area contributed by atoms with E-state index in [1.807, 2.05) is 18.2 Å². The highest BCUT2D eigenvalue weighted by Gasteiger charge is 2.40. The third-order valence-electron chi connectivity index (χ3n) is 2.99. The van der Waals surface area contributed by atoms with Crippen molar-refractivity contribution in [3.63, 3.8) is 0 Å². The number of benzene rings is 1. The normalized spacial score (nSPS) is 30.7. The number of aliphatic hydroxyl groups is 1. The van der Waals surface area contributed by atoms with Crippen LogP contribution in [0.1, 0.15) is 12.0 Å². The molecule has 1 fully saturated rings. The number of rotatable bonds is 3. The Morgan fingerprint density at radius 1 is 1.40 bits per heavy atom. The smallest absolute Gasteiger partial charge is 0.102 e. The molecule has 0 spiro atoms. The number of alkyl halides is 1. The van der Waals surface area contributed by atoms with Crippen LogP contribution in [0.2, 0.25) is 0 Å². The van der Waals surface area contributed by atoms with E-state index >= 15 is 0 Å². The van der Waals surface area contributed by atoms with Crippen molar-refractivity contribution < 1.29 is 9.84 Å². The lowest BCUT2D eigenvalue weighted by Gasteiger charge is -2.26. The molecule has 0 radical (unpaired) electrons. The van der Waals surface area contributed by atoms with Crippen LogP contribution in [0.25, 0.3) is 0 Å². The monoisotopic (exact) mass is 318 g/mol. The van der Waals surface area contributed by atoms with Gasteiger partial charge in [-0.2, -0.15) is 0 Å². The number of aliphatic hydroxyl groups excluding tert-OH is 1. The average Bonchev–Trinajstić information content (AvgIpc) is 2.75. The van der Waals surface area contributed by atoms with Crippen molar-refractivity contribution in [3.8, 4) is 0 Å². The number of halogens is 1. The molecule has 1 heterocycles. The van der Waals surface area contributed by atoms with Crippen molar-refractivity contribution in [1.82, 2.24) is 0 Å². The van der Waals surface area contributed by atoms with Crippen LogP contribution in [0, 0.1) is 5.92 Å². The zero-order chi connectivity index (χ0) is 10.7. The summed E-state index contributed by atoms with van der Waals surface area (Å²) >= 11 is 2.37. The van der Waals surface area contributed by atoms with E-state index in [0.29, 0.717) is 12.5 Å². The van der Waals surface area contributed by atoms with Gasteiger partial charge in [0.15, 0.2) is 0 Å². The SMILES string of the molecule is OC[C@@H]1CO[C@@](CI)(c2ccccc2)C1. The second-order valence-electron chi connectivity index (χ2n) is 4.06. The molecule has 2 nitrogen and oxygen atoms in total. The highest BCUT2D eigenvalue weighted by atomic mass is 127. The summed E-state index contributed by atoms with van der Waals surface area (Å²) in [7, 11) is 0. The van der Waals surface area contributed by atoms with Gasteiger partial charge in [-0.1, -0.05) is 52.9 Å². The third kappa shape index (κ3) is 2.19. The van der Waals surface area contributed by atoms with Gasteiger partial charge >= 0.3 is 0 Å². The van der Waals surface area contributed by atoms with Gasteiger partial charge in [-0.25, -0.2) is 0 Å². The molecule has 0 saturated carbocycles. The van der Waals surface area contributed by atoms with Crippen LogP contribution in [0.4, 0.5) is 0 Å². The Labute approximate surface area is 104 Å². The van der Waals surface area contributed by atoms with E-state index in [-0.39, 0.29) is 12.2 Å². The first kappa shape index (κ1) is 11.4. The highest BCUT2D eigenvalue weighted by molar-refractivity contribution is 14.1. The van der Waals surface area contributed by atoms with Crippen LogP contribution < -0.4 is 0 Å². The summed E-state index contributed by atoms with van der Waals surface area (Å²) in [5, 5.41) is 9.16. The minimum Gasteiger partial charge on any atom is -0.396 e. The van der Waals surface area contributed by atoms with E-state index in [0.717, 1.165) is 10.8 Å². The van der Waals surface area contributed by atoms with Gasteiger partial charge in [0.25, 0.3) is 0 Å². The maximum absolute atomic E-state index is 9.16. The first-order chi connectivity index (χ1) is 7.30. The molecule has 15 heavy (non-hydrogen) atoms. The van der Waals surface area contributed by atoms with Crippen molar-refractivity contribution in [1.29, 1.82) is 0 Å². The Bertz CT molecular complexity index is 315. The highest BCUT2D eigenvalue weighted by Crippen LogP contribution is 2.40. The Morgan fingerprint density at radius 2 is 2.13 bits per heavy atom. The van der Waals surface area contributed by atoms with Crippen molar-refractivity contribution >= 4 is 22.6 Å². The van der Waals surface area contributed by atoms with Crippen LogP contribution in [0.3, 0.4) is 0 Å². The molecule has 82 valence electrons. The van der Waals surface area contributed by atoms with E-state index in [4.69, 9.17) is 9.84 Å². The summed E-state index contributed by atoms with van der Waals surface area (Å²) in [6.45, 7) is 0.902. The van der Waals surface area contributed by atoms with Crippen molar-refractivity contribution in [3.05, 3.63) is 35.9 Å². The second kappa shape index (κ2) is 4.80. The van der Waals surface area contributed by atoms with Crippen LogP contribution in [0.5, 0.6) is 0 Å². The predicted octanol–water partition coefficient (Wildman–Crippen LogP) is 2.35. The van der Waals surface area contributed by atoms with Gasteiger partial charge < -0.3 is 9.84 Å². The third-order valence-corrected chi connectivity index (χ3v) is 4.22. The molecular weight excluding hydrogens is 303 g/mol. The molecule has 1 aromatic carbocycles. The molecule has 1 N–H and O–H groups in total. The lowest BCUT2D eigenvalue weighted by atomic mass is 9.89. The van der Waals surface area contributed by atoms with Crippen LogP contribution in [0.15, 0.2) is 30.3 Å². The van der Waals surface area contributed by atoms with E-state index in [9.17, 15) is 0 Å². The van der Waals surface area contributed by atoms with E-state index in [2.05, 4.69) is 34.7 Å². The van der Waals surface area contributed by atoms with Gasteiger partial charge in [-0.3, -0.25) is 0 Å². The molecule has 3 heteroatoms. The second-order valence-corrected chi connectivity index (χ2v) is 4.82. The quantitative estimate of drug-likeness (QED) is 0.685. The van der Waals surface area contributed by atoms with Gasteiger partial charge in [0, 0.05) is 17.0 Å². The van der Waals surface area contributed by atoms with Gasteiger partial charge in [0.1, 0.15) is 5.60 Å². The predicted molar refractivity (Wildman–Crippen MR) is 68.2 cm³/mol. The maximum atomic E-state index is 9.16. The van der Waals surface area contributed by atoms with Crippen LogP contribution in [-0.2, 0) is 10.3 Å². The van der Waals surface area contributed by atoms with Crippen LogP contribution >= 0.6 is 22.6 Å². The molecule has 2 rings (SSSR count). The number of hydrogen-bond acceptors (Lipinski definition) is 2. The first-order valence-corrected chi connectivity index (χ1v) is 6.69. The molecule has 1 aliphatic heterocycles. The molecule has 0 unspecified atom stereocenters. The molecule has 0 amide bonds. The summed E-state index contributed by atoms with van der Waals surface area (Å²) < 4.78 is 6.85. The minimum atomic E-state index is -0.171. The Kier molecular flexibility index (Phi) is 3.64. The average molecular weight is 318 g/mol. The van der Waals surface area contributed by atoms with Crippen LogP contribution in [-0.4, -0.2) is 22.7 Å². The molecule has 0 aliphatic carbocycles. The summed E-state index contributed by atoms with van der Waals surface area (Å²) in [4.78, 5) is 0. The molecule has 2 atom stereocenters. The van der Waals surface area contributed by atoms with E-state index in [1.165, 1.54) is 5.56 Å². The van der Waals surface area contributed by atoms with E-state index < -0.39 is 0 Å². The summed E-state index contributed by atoms with van der Waals surface area (Å²) in [5.74, 6) is 0.292. The largest absolute Gasteiger partial charge is 0.396 e. The fraction of sp³-hybridized carbons (Fsp3) is 0.500. The topological polar surface area (TPSA) is 29.5 Å². The molecule has 0 bridgehead atoms. The van der Waals surface area contributed by atoms with Gasteiger partial charge in [-0.15, -0.1) is 0 Å². The number of hydrogen-bond donors (Lipinski definition) is 1. The zero-order valence-corrected chi connectivity index (χ0v) is 10.7. The van der Waals surface area contributed by atoms with Gasteiger partial charge in [-0.05, 0) is 12.0 Å². The Hall–Kier alpha value is -0.130. The number of ether oxygens (including phenoxy) is 1. The van der Waals surface area contributed by atoms with Crippen molar-refractivity contribution in [2.45, 2.75) is 12.0 Å². The maximum Gasteiger partial charge on any atom is 0.102 e. The van der Waals surface area contributed by atoms with E-state index in [1.54, 1.807) is 0 Å². The Balaban J connectivity index is 2.24. The molecular formula is C12H15IO2. The van der Waals surface area contributed by atoms with Gasteiger partial charge in [0.2, 0.25) is 0 Å². The molecule has 1 aliphatic rings. The zero-order valence-electron chi connectivity index (χ0n) is 8.53.